The van der Waals surface area contributed by atoms with E-state index in [1.165, 1.54) is 0 Å². The van der Waals surface area contributed by atoms with Crippen molar-refractivity contribution in [1.29, 1.82) is 0 Å². The van der Waals surface area contributed by atoms with E-state index in [4.69, 9.17) is 0 Å². The molecule has 0 aliphatic carbocycles. The molecule has 2 aromatic heterocycles. The molecular weight excluding hydrogens is 318 g/mol. The molecule has 1 amide bonds. The predicted molar refractivity (Wildman–Crippen MR) is 94.4 cm³/mol. The molecular formula is C18H25N5O2. The lowest BCUT2D eigenvalue weighted by Gasteiger charge is -2.25. The Morgan fingerprint density at radius 2 is 2.16 bits per heavy atom. The van der Waals surface area contributed by atoms with Gasteiger partial charge < -0.3 is 9.88 Å². The third-order valence-electron chi connectivity index (χ3n) is 4.79. The Hall–Kier alpha value is -2.44. The summed E-state index contributed by atoms with van der Waals surface area (Å²) in [6, 6.07) is 0.183. The van der Waals surface area contributed by atoms with Crippen LogP contribution in [0.5, 0.6) is 0 Å². The Bertz CT molecular complexity index is 823. The molecule has 1 aliphatic heterocycles. The minimum atomic E-state index is -0.136. The second-order valence-corrected chi connectivity index (χ2v) is 6.84. The van der Waals surface area contributed by atoms with Crippen LogP contribution in [0, 0.1) is 20.8 Å². The Labute approximate surface area is 147 Å². The Balaban J connectivity index is 1.63. The van der Waals surface area contributed by atoms with Crippen LogP contribution in [0.2, 0.25) is 0 Å². The fraction of sp³-hybridized carbons (Fsp3) is 0.556. The first-order chi connectivity index (χ1) is 11.9. The lowest BCUT2D eigenvalue weighted by molar-refractivity contribution is -0.132. The highest BCUT2D eigenvalue weighted by molar-refractivity contribution is 5.77. The van der Waals surface area contributed by atoms with Crippen LogP contribution >= 0.6 is 0 Å². The van der Waals surface area contributed by atoms with Crippen molar-refractivity contribution in [2.75, 3.05) is 6.54 Å². The van der Waals surface area contributed by atoms with Crippen LogP contribution in [0.1, 0.15) is 41.9 Å². The summed E-state index contributed by atoms with van der Waals surface area (Å²) in [5.41, 5.74) is 2.30. The molecule has 7 nitrogen and oxygen atoms in total. The Kier molecular flexibility index (Phi) is 5.01. The summed E-state index contributed by atoms with van der Waals surface area (Å²) in [5, 5.41) is 4.32. The van der Waals surface area contributed by atoms with E-state index in [2.05, 4.69) is 15.1 Å². The number of aromatic amines is 1. The van der Waals surface area contributed by atoms with Crippen LogP contribution in [0.25, 0.3) is 0 Å². The molecule has 1 aliphatic rings. The lowest BCUT2D eigenvalue weighted by atomic mass is 10.1. The van der Waals surface area contributed by atoms with Gasteiger partial charge in [0.25, 0.3) is 5.56 Å². The van der Waals surface area contributed by atoms with Gasteiger partial charge >= 0.3 is 0 Å². The zero-order valence-electron chi connectivity index (χ0n) is 15.1. The van der Waals surface area contributed by atoms with Crippen molar-refractivity contribution >= 4 is 5.91 Å². The van der Waals surface area contributed by atoms with Crippen molar-refractivity contribution in [2.45, 2.75) is 59.0 Å². The maximum atomic E-state index is 12.7. The first-order valence-electron chi connectivity index (χ1n) is 8.79. The minimum Gasteiger partial charge on any atom is -0.338 e. The zero-order chi connectivity index (χ0) is 18.0. The number of amides is 1. The van der Waals surface area contributed by atoms with Crippen LogP contribution < -0.4 is 5.56 Å². The number of rotatable bonds is 5. The summed E-state index contributed by atoms with van der Waals surface area (Å²) in [5.74, 6) is 0.706. The lowest BCUT2D eigenvalue weighted by Crippen LogP contribution is -2.38. The molecule has 0 saturated carbocycles. The van der Waals surface area contributed by atoms with Gasteiger partial charge in [0.05, 0.1) is 18.8 Å². The molecule has 1 atom stereocenters. The Morgan fingerprint density at radius 3 is 2.84 bits per heavy atom. The van der Waals surface area contributed by atoms with Gasteiger partial charge in [-0.05, 0) is 45.6 Å². The summed E-state index contributed by atoms with van der Waals surface area (Å²) in [7, 11) is 0. The smallest absolute Gasteiger partial charge is 0.254 e. The summed E-state index contributed by atoms with van der Waals surface area (Å²) >= 11 is 0. The van der Waals surface area contributed by atoms with Crippen molar-refractivity contribution < 1.29 is 4.79 Å². The van der Waals surface area contributed by atoms with E-state index in [0.29, 0.717) is 29.9 Å². The third-order valence-corrected chi connectivity index (χ3v) is 4.79. The molecule has 25 heavy (non-hydrogen) atoms. The number of hydrogen-bond donors (Lipinski definition) is 1. The molecule has 1 fully saturated rings. The highest BCUT2D eigenvalue weighted by Crippen LogP contribution is 2.20. The van der Waals surface area contributed by atoms with Crippen LogP contribution in [0.3, 0.4) is 0 Å². The first kappa shape index (κ1) is 17.4. The maximum Gasteiger partial charge on any atom is 0.254 e. The number of nitrogens with zero attached hydrogens (tertiary/aromatic N) is 4. The molecule has 0 bridgehead atoms. The number of aromatic nitrogens is 4. The van der Waals surface area contributed by atoms with Gasteiger partial charge in [0.1, 0.15) is 5.82 Å². The highest BCUT2D eigenvalue weighted by atomic mass is 16.2. The van der Waals surface area contributed by atoms with Crippen molar-refractivity contribution in [3.8, 4) is 0 Å². The SMILES string of the molecule is Cc1cnn(C[C@@H]2CCCN2C(=O)CCc2c(C)nc(C)[nH]c2=O)c1. The molecule has 1 N–H and O–H groups in total. The monoisotopic (exact) mass is 343 g/mol. The van der Waals surface area contributed by atoms with Crippen LogP contribution in [-0.4, -0.2) is 43.1 Å². The quantitative estimate of drug-likeness (QED) is 0.892. The number of H-pyrrole nitrogens is 1. The van der Waals surface area contributed by atoms with Crippen LogP contribution in [0.4, 0.5) is 0 Å². The van der Waals surface area contributed by atoms with E-state index < -0.39 is 0 Å². The third kappa shape index (κ3) is 3.97. The molecule has 2 aromatic rings. The van der Waals surface area contributed by atoms with Gasteiger partial charge in [0.2, 0.25) is 5.91 Å². The van der Waals surface area contributed by atoms with Crippen molar-refractivity contribution in [3.05, 3.63) is 45.4 Å². The summed E-state index contributed by atoms with van der Waals surface area (Å²) in [4.78, 5) is 33.7. The van der Waals surface area contributed by atoms with Crippen LogP contribution in [-0.2, 0) is 17.8 Å². The van der Waals surface area contributed by atoms with Gasteiger partial charge in [-0.2, -0.15) is 5.10 Å². The summed E-state index contributed by atoms with van der Waals surface area (Å²) in [6.07, 6.45) is 6.61. The van der Waals surface area contributed by atoms with E-state index in [-0.39, 0.29) is 17.5 Å². The number of likely N-dealkylation sites (tertiary alicyclic amines) is 1. The molecule has 0 radical (unpaired) electrons. The molecule has 1 saturated heterocycles. The molecule has 3 heterocycles. The average molecular weight is 343 g/mol. The van der Waals surface area contributed by atoms with E-state index in [0.717, 1.165) is 31.5 Å². The second-order valence-electron chi connectivity index (χ2n) is 6.84. The molecule has 0 spiro atoms. The first-order valence-corrected chi connectivity index (χ1v) is 8.79. The van der Waals surface area contributed by atoms with Crippen molar-refractivity contribution in [2.24, 2.45) is 0 Å². The average Bonchev–Trinajstić information content (AvgIpc) is 3.15. The topological polar surface area (TPSA) is 83.9 Å². The highest BCUT2D eigenvalue weighted by Gasteiger charge is 2.29. The van der Waals surface area contributed by atoms with Gasteiger partial charge in [-0.25, -0.2) is 4.98 Å². The van der Waals surface area contributed by atoms with E-state index in [9.17, 15) is 9.59 Å². The minimum absolute atomic E-state index is 0.103. The largest absolute Gasteiger partial charge is 0.338 e. The molecule has 0 aromatic carbocycles. The van der Waals surface area contributed by atoms with E-state index in [1.54, 1.807) is 6.92 Å². The van der Waals surface area contributed by atoms with Gasteiger partial charge in [-0.15, -0.1) is 0 Å². The van der Waals surface area contributed by atoms with Crippen LogP contribution in [0.15, 0.2) is 17.2 Å². The number of carbonyl (C=O) groups is 1. The molecule has 134 valence electrons. The van der Waals surface area contributed by atoms with Crippen molar-refractivity contribution in [3.63, 3.8) is 0 Å². The number of aryl methyl sites for hydroxylation is 3. The summed E-state index contributed by atoms with van der Waals surface area (Å²) in [6.45, 7) is 7.10. The number of hydrogen-bond acceptors (Lipinski definition) is 4. The molecule has 7 heteroatoms. The normalized spacial score (nSPS) is 17.2. The summed E-state index contributed by atoms with van der Waals surface area (Å²) < 4.78 is 1.91. The number of nitrogens with one attached hydrogen (secondary N) is 1. The standard InChI is InChI=1S/C18H25N5O2/c1-12-9-19-22(10-12)11-15-5-4-8-23(15)17(24)7-6-16-13(2)20-14(3)21-18(16)25/h9-10,15H,4-8,11H2,1-3H3,(H,20,21,25)/t15-/m0/s1. The second kappa shape index (κ2) is 7.21. The van der Waals surface area contributed by atoms with Crippen molar-refractivity contribution in [1.82, 2.24) is 24.6 Å². The molecule has 0 unspecified atom stereocenters. The van der Waals surface area contributed by atoms with Gasteiger partial charge in [-0.1, -0.05) is 0 Å². The number of carbonyl (C=O) groups excluding carboxylic acids is 1. The van der Waals surface area contributed by atoms with Gasteiger partial charge in [-0.3, -0.25) is 14.3 Å². The van der Waals surface area contributed by atoms with Gasteiger partial charge in [0, 0.05) is 30.4 Å². The Morgan fingerprint density at radius 1 is 1.36 bits per heavy atom. The van der Waals surface area contributed by atoms with Gasteiger partial charge in [0.15, 0.2) is 0 Å². The maximum absolute atomic E-state index is 12.7. The fourth-order valence-corrected chi connectivity index (χ4v) is 3.56. The van der Waals surface area contributed by atoms with E-state index in [1.807, 2.05) is 35.8 Å². The fourth-order valence-electron chi connectivity index (χ4n) is 3.56. The predicted octanol–water partition coefficient (Wildman–Crippen LogP) is 1.52. The zero-order valence-corrected chi connectivity index (χ0v) is 15.1. The van der Waals surface area contributed by atoms with E-state index >= 15 is 0 Å². The molecule has 3 rings (SSSR count).